The van der Waals surface area contributed by atoms with Gasteiger partial charge in [0.1, 0.15) is 11.5 Å². The number of amides is 1. The minimum atomic E-state index is -0.293. The summed E-state index contributed by atoms with van der Waals surface area (Å²) in [5, 5.41) is 3.95. The van der Waals surface area contributed by atoms with E-state index in [4.69, 9.17) is 9.47 Å². The molecule has 22 heavy (non-hydrogen) atoms. The maximum Gasteiger partial charge on any atom is 0.272 e. The van der Waals surface area contributed by atoms with Gasteiger partial charge in [-0.15, -0.1) is 0 Å². The third-order valence-electron chi connectivity index (χ3n) is 2.87. The Bertz CT molecular complexity index is 679. The average Bonchev–Trinajstić information content (AvgIpc) is 2.54. The quantitative estimate of drug-likeness (QED) is 0.656. The Balaban J connectivity index is 2.09. The van der Waals surface area contributed by atoms with Crippen LogP contribution < -0.4 is 14.9 Å². The molecule has 0 bridgehead atoms. The number of hydrogen-bond donors (Lipinski definition) is 1. The highest BCUT2D eigenvalue weighted by atomic mass is 79.9. The lowest BCUT2D eigenvalue weighted by Crippen LogP contribution is -2.18. The summed E-state index contributed by atoms with van der Waals surface area (Å²) in [4.78, 5) is 12.0. The molecule has 2 aromatic rings. The Hall–Kier alpha value is -2.34. The summed E-state index contributed by atoms with van der Waals surface area (Å²) in [6.45, 7) is 0. The molecule has 5 nitrogen and oxygen atoms in total. The number of carbonyl (C=O) groups is 1. The number of hydrazone groups is 1. The molecule has 2 aromatic carbocycles. The fourth-order valence-corrected chi connectivity index (χ4v) is 2.24. The lowest BCUT2D eigenvalue weighted by molar-refractivity contribution is 0.0954. The average molecular weight is 363 g/mol. The smallest absolute Gasteiger partial charge is 0.272 e. The molecular weight excluding hydrogens is 348 g/mol. The van der Waals surface area contributed by atoms with E-state index in [0.717, 1.165) is 5.56 Å². The molecule has 0 aliphatic heterocycles. The summed E-state index contributed by atoms with van der Waals surface area (Å²) < 4.78 is 11.1. The van der Waals surface area contributed by atoms with Gasteiger partial charge in [0.05, 0.1) is 26.0 Å². The number of ether oxygens (including phenoxy) is 2. The zero-order chi connectivity index (χ0) is 15.9. The molecule has 0 heterocycles. The van der Waals surface area contributed by atoms with Crippen LogP contribution in [0.5, 0.6) is 11.5 Å². The van der Waals surface area contributed by atoms with E-state index in [2.05, 4.69) is 26.5 Å². The molecule has 6 heteroatoms. The number of rotatable bonds is 5. The molecule has 1 amide bonds. The normalized spacial score (nSPS) is 10.5. The first kappa shape index (κ1) is 16.0. The first-order valence-corrected chi connectivity index (χ1v) is 7.24. The van der Waals surface area contributed by atoms with Crippen molar-refractivity contribution in [3.63, 3.8) is 0 Å². The van der Waals surface area contributed by atoms with E-state index in [1.807, 2.05) is 6.07 Å². The van der Waals surface area contributed by atoms with Gasteiger partial charge < -0.3 is 9.47 Å². The number of carbonyl (C=O) groups excluding carboxylic acids is 1. The van der Waals surface area contributed by atoms with Gasteiger partial charge >= 0.3 is 0 Å². The predicted molar refractivity (Wildman–Crippen MR) is 88.7 cm³/mol. The fourth-order valence-electron chi connectivity index (χ4n) is 1.77. The highest BCUT2D eigenvalue weighted by molar-refractivity contribution is 9.10. The van der Waals surface area contributed by atoms with E-state index in [-0.39, 0.29) is 5.91 Å². The molecule has 0 aliphatic rings. The molecule has 0 fully saturated rings. The molecule has 0 unspecified atom stereocenters. The van der Waals surface area contributed by atoms with Gasteiger partial charge in [-0.25, -0.2) is 5.43 Å². The summed E-state index contributed by atoms with van der Waals surface area (Å²) in [5.41, 5.74) is 3.75. The van der Waals surface area contributed by atoms with E-state index in [1.54, 1.807) is 50.6 Å². The molecule has 0 spiro atoms. The monoisotopic (exact) mass is 362 g/mol. The number of nitrogens with zero attached hydrogens (tertiary/aromatic N) is 1. The van der Waals surface area contributed by atoms with E-state index in [9.17, 15) is 4.79 Å². The SMILES string of the molecule is COc1cc(/C=N\NC(=O)c2ccccc2Br)cc(OC)c1. The van der Waals surface area contributed by atoms with Crippen LogP contribution in [0.1, 0.15) is 15.9 Å². The fraction of sp³-hybridized carbons (Fsp3) is 0.125. The van der Waals surface area contributed by atoms with E-state index in [0.29, 0.717) is 21.5 Å². The molecular formula is C16H15BrN2O3. The second-order valence-corrected chi connectivity index (χ2v) is 5.18. The minimum absolute atomic E-state index is 0.293. The van der Waals surface area contributed by atoms with Gasteiger partial charge in [-0.05, 0) is 40.2 Å². The third-order valence-corrected chi connectivity index (χ3v) is 3.56. The highest BCUT2D eigenvalue weighted by Gasteiger charge is 2.07. The van der Waals surface area contributed by atoms with E-state index >= 15 is 0 Å². The van der Waals surface area contributed by atoms with Crippen molar-refractivity contribution in [3.05, 3.63) is 58.1 Å². The Morgan fingerprint density at radius 3 is 2.36 bits per heavy atom. The Morgan fingerprint density at radius 2 is 1.77 bits per heavy atom. The second-order valence-electron chi connectivity index (χ2n) is 4.32. The zero-order valence-corrected chi connectivity index (χ0v) is 13.8. The van der Waals surface area contributed by atoms with Crippen LogP contribution in [0.2, 0.25) is 0 Å². The number of halogens is 1. The molecule has 114 valence electrons. The van der Waals surface area contributed by atoms with Crippen molar-refractivity contribution in [3.8, 4) is 11.5 Å². The van der Waals surface area contributed by atoms with Crippen LogP contribution in [0.15, 0.2) is 52.0 Å². The summed E-state index contributed by atoms with van der Waals surface area (Å²) >= 11 is 3.33. The highest BCUT2D eigenvalue weighted by Crippen LogP contribution is 2.21. The van der Waals surface area contributed by atoms with Gasteiger partial charge in [-0.3, -0.25) is 4.79 Å². The zero-order valence-electron chi connectivity index (χ0n) is 12.2. The van der Waals surface area contributed by atoms with Crippen LogP contribution in [-0.2, 0) is 0 Å². The van der Waals surface area contributed by atoms with Crippen LogP contribution in [0.25, 0.3) is 0 Å². The maximum absolute atomic E-state index is 12.0. The van der Waals surface area contributed by atoms with E-state index < -0.39 is 0 Å². The number of benzene rings is 2. The van der Waals surface area contributed by atoms with Gasteiger partial charge in [-0.2, -0.15) is 5.10 Å². The molecule has 0 atom stereocenters. The van der Waals surface area contributed by atoms with Crippen molar-refractivity contribution in [2.24, 2.45) is 5.10 Å². The Kier molecular flexibility index (Phi) is 5.55. The van der Waals surface area contributed by atoms with Gasteiger partial charge in [0.2, 0.25) is 0 Å². The van der Waals surface area contributed by atoms with Crippen molar-refractivity contribution < 1.29 is 14.3 Å². The van der Waals surface area contributed by atoms with Crippen LogP contribution in [0.4, 0.5) is 0 Å². The number of hydrogen-bond acceptors (Lipinski definition) is 4. The van der Waals surface area contributed by atoms with Gasteiger partial charge in [0.15, 0.2) is 0 Å². The standard InChI is InChI=1S/C16H15BrN2O3/c1-21-12-7-11(8-13(9-12)22-2)10-18-19-16(20)14-5-3-4-6-15(14)17/h3-10H,1-2H3,(H,19,20)/b18-10-. The van der Waals surface area contributed by atoms with Gasteiger partial charge in [0.25, 0.3) is 5.91 Å². The molecule has 1 N–H and O–H groups in total. The number of nitrogens with one attached hydrogen (secondary N) is 1. The lowest BCUT2D eigenvalue weighted by atomic mass is 10.2. The van der Waals surface area contributed by atoms with Crippen molar-refractivity contribution in [2.75, 3.05) is 14.2 Å². The van der Waals surface area contributed by atoms with Crippen LogP contribution in [0, 0.1) is 0 Å². The summed E-state index contributed by atoms with van der Waals surface area (Å²) in [5.74, 6) is 1.01. The minimum Gasteiger partial charge on any atom is -0.497 e. The third kappa shape index (κ3) is 4.08. The Labute approximate surface area is 137 Å². The topological polar surface area (TPSA) is 59.9 Å². The number of methoxy groups -OCH3 is 2. The first-order chi connectivity index (χ1) is 10.6. The Morgan fingerprint density at radius 1 is 1.14 bits per heavy atom. The maximum atomic E-state index is 12.0. The largest absolute Gasteiger partial charge is 0.497 e. The van der Waals surface area contributed by atoms with Crippen LogP contribution >= 0.6 is 15.9 Å². The van der Waals surface area contributed by atoms with Crippen molar-refractivity contribution in [1.29, 1.82) is 0 Å². The summed E-state index contributed by atoms with van der Waals surface area (Å²) in [7, 11) is 3.15. The van der Waals surface area contributed by atoms with Crippen LogP contribution in [0.3, 0.4) is 0 Å². The molecule has 0 saturated carbocycles. The molecule has 0 radical (unpaired) electrons. The molecule has 2 rings (SSSR count). The van der Waals surface area contributed by atoms with Gasteiger partial charge in [0, 0.05) is 16.1 Å². The van der Waals surface area contributed by atoms with Crippen molar-refractivity contribution >= 4 is 28.1 Å². The van der Waals surface area contributed by atoms with Crippen molar-refractivity contribution in [2.45, 2.75) is 0 Å². The summed E-state index contributed by atoms with van der Waals surface area (Å²) in [6.07, 6.45) is 1.53. The predicted octanol–water partition coefficient (Wildman–Crippen LogP) is 3.23. The lowest BCUT2D eigenvalue weighted by Gasteiger charge is -2.05. The molecule has 0 aliphatic carbocycles. The van der Waals surface area contributed by atoms with E-state index in [1.165, 1.54) is 6.21 Å². The van der Waals surface area contributed by atoms with Gasteiger partial charge in [-0.1, -0.05) is 12.1 Å². The van der Waals surface area contributed by atoms with Crippen molar-refractivity contribution in [1.82, 2.24) is 5.43 Å². The van der Waals surface area contributed by atoms with Crippen LogP contribution in [-0.4, -0.2) is 26.3 Å². The summed E-state index contributed by atoms with van der Waals surface area (Å²) in [6, 6.07) is 12.5. The molecule has 0 aromatic heterocycles. The molecule has 0 saturated heterocycles. The first-order valence-electron chi connectivity index (χ1n) is 6.45. The second kappa shape index (κ2) is 7.61.